The van der Waals surface area contributed by atoms with Gasteiger partial charge in [0.15, 0.2) is 5.96 Å². The molecule has 1 aromatic rings. The van der Waals surface area contributed by atoms with Gasteiger partial charge in [-0.25, -0.2) is 0 Å². The van der Waals surface area contributed by atoms with Gasteiger partial charge in [-0.1, -0.05) is 26.0 Å². The number of hydrogen-bond donors (Lipinski definition) is 2. The standard InChI is InChI=1S/C23H41N5O2/c1-7-27(8-2)21(19-10-9-11-20(16-19)29-6)17-25-22(24-5)26-18-23(3,4)28-12-14-30-15-13-28/h9-11,16,21H,7-8,12-15,17-18H2,1-6H3,(H2,24,25,26). The molecule has 1 atom stereocenters. The van der Waals surface area contributed by atoms with E-state index in [2.05, 4.69) is 71.3 Å². The molecule has 0 radical (unpaired) electrons. The Bertz CT molecular complexity index is 655. The highest BCUT2D eigenvalue weighted by molar-refractivity contribution is 5.79. The van der Waals surface area contributed by atoms with Gasteiger partial charge in [-0.15, -0.1) is 0 Å². The van der Waals surface area contributed by atoms with Crippen molar-refractivity contribution in [3.05, 3.63) is 29.8 Å². The lowest BCUT2D eigenvalue weighted by Gasteiger charge is -2.41. The smallest absolute Gasteiger partial charge is 0.191 e. The van der Waals surface area contributed by atoms with E-state index in [0.29, 0.717) is 0 Å². The summed E-state index contributed by atoms with van der Waals surface area (Å²) in [6, 6.07) is 8.58. The van der Waals surface area contributed by atoms with E-state index in [9.17, 15) is 0 Å². The van der Waals surface area contributed by atoms with Crippen LogP contribution in [0.5, 0.6) is 5.75 Å². The number of benzene rings is 1. The number of aliphatic imine (C=N–C) groups is 1. The molecular formula is C23H41N5O2. The van der Waals surface area contributed by atoms with Crippen molar-refractivity contribution in [2.45, 2.75) is 39.3 Å². The van der Waals surface area contributed by atoms with Crippen LogP contribution >= 0.6 is 0 Å². The molecule has 7 nitrogen and oxygen atoms in total. The molecule has 1 fully saturated rings. The second-order valence-electron chi connectivity index (χ2n) is 8.23. The molecule has 0 saturated carbocycles. The fourth-order valence-electron chi connectivity index (χ4n) is 3.97. The molecule has 7 heteroatoms. The summed E-state index contributed by atoms with van der Waals surface area (Å²) in [5.74, 6) is 1.72. The molecule has 1 heterocycles. The van der Waals surface area contributed by atoms with E-state index in [1.807, 2.05) is 13.1 Å². The highest BCUT2D eigenvalue weighted by atomic mass is 16.5. The van der Waals surface area contributed by atoms with Gasteiger partial charge in [-0.05, 0) is 44.6 Å². The highest BCUT2D eigenvalue weighted by Crippen LogP contribution is 2.24. The molecule has 30 heavy (non-hydrogen) atoms. The average Bonchev–Trinajstić information content (AvgIpc) is 2.79. The summed E-state index contributed by atoms with van der Waals surface area (Å²) in [5.41, 5.74) is 1.28. The predicted molar refractivity (Wildman–Crippen MR) is 124 cm³/mol. The largest absolute Gasteiger partial charge is 0.497 e. The number of hydrogen-bond acceptors (Lipinski definition) is 5. The average molecular weight is 420 g/mol. The first-order valence-electron chi connectivity index (χ1n) is 11.1. The number of guanidine groups is 1. The van der Waals surface area contributed by atoms with Crippen LogP contribution in [0, 0.1) is 0 Å². The monoisotopic (exact) mass is 419 g/mol. The van der Waals surface area contributed by atoms with Gasteiger partial charge in [0.25, 0.3) is 0 Å². The van der Waals surface area contributed by atoms with Crippen molar-refractivity contribution in [2.75, 3.05) is 66.6 Å². The summed E-state index contributed by atoms with van der Waals surface area (Å²) in [4.78, 5) is 9.38. The van der Waals surface area contributed by atoms with E-state index in [1.165, 1.54) is 5.56 Å². The van der Waals surface area contributed by atoms with Crippen molar-refractivity contribution >= 4 is 5.96 Å². The third-order valence-corrected chi connectivity index (χ3v) is 5.97. The van der Waals surface area contributed by atoms with Crippen LogP contribution in [0.2, 0.25) is 0 Å². The minimum atomic E-state index is 0.0342. The van der Waals surface area contributed by atoms with Crippen molar-refractivity contribution in [3.63, 3.8) is 0 Å². The lowest BCUT2D eigenvalue weighted by molar-refractivity contribution is -0.00834. The molecule has 2 rings (SSSR count). The van der Waals surface area contributed by atoms with E-state index < -0.39 is 0 Å². The minimum Gasteiger partial charge on any atom is -0.497 e. The first kappa shape index (κ1) is 24.4. The first-order valence-corrected chi connectivity index (χ1v) is 11.1. The zero-order valence-electron chi connectivity index (χ0n) is 19.7. The van der Waals surface area contributed by atoms with E-state index in [1.54, 1.807) is 7.11 Å². The molecule has 1 aliphatic heterocycles. The number of morpholine rings is 1. The molecule has 0 spiro atoms. The minimum absolute atomic E-state index is 0.0342. The number of ether oxygens (including phenoxy) is 2. The Morgan fingerprint density at radius 1 is 1.23 bits per heavy atom. The van der Waals surface area contributed by atoms with E-state index in [4.69, 9.17) is 9.47 Å². The molecule has 170 valence electrons. The van der Waals surface area contributed by atoms with Crippen molar-refractivity contribution in [1.29, 1.82) is 0 Å². The maximum atomic E-state index is 5.50. The highest BCUT2D eigenvalue weighted by Gasteiger charge is 2.28. The van der Waals surface area contributed by atoms with Crippen molar-refractivity contribution in [3.8, 4) is 5.75 Å². The zero-order valence-corrected chi connectivity index (χ0v) is 19.7. The van der Waals surface area contributed by atoms with Crippen LogP contribution in [0.3, 0.4) is 0 Å². The molecule has 1 saturated heterocycles. The number of nitrogens with zero attached hydrogens (tertiary/aromatic N) is 3. The van der Waals surface area contributed by atoms with E-state index in [-0.39, 0.29) is 11.6 Å². The summed E-state index contributed by atoms with van der Waals surface area (Å²) in [5, 5.41) is 7.07. The Morgan fingerprint density at radius 3 is 2.53 bits per heavy atom. The fraction of sp³-hybridized carbons (Fsp3) is 0.696. The molecule has 2 N–H and O–H groups in total. The molecule has 1 aromatic carbocycles. The molecule has 0 aliphatic carbocycles. The van der Waals surface area contributed by atoms with Crippen LogP contribution in [0.4, 0.5) is 0 Å². The third kappa shape index (κ3) is 6.86. The van der Waals surface area contributed by atoms with Gasteiger partial charge in [0.2, 0.25) is 0 Å². The molecule has 0 bridgehead atoms. The Morgan fingerprint density at radius 2 is 1.93 bits per heavy atom. The van der Waals surface area contributed by atoms with Gasteiger partial charge in [0, 0.05) is 38.8 Å². The predicted octanol–water partition coefficient (Wildman–Crippen LogP) is 2.35. The van der Waals surface area contributed by atoms with Crippen LogP contribution in [-0.4, -0.2) is 87.9 Å². The number of nitrogens with one attached hydrogen (secondary N) is 2. The first-order chi connectivity index (χ1) is 14.4. The molecule has 0 amide bonds. The van der Waals surface area contributed by atoms with Gasteiger partial charge >= 0.3 is 0 Å². The van der Waals surface area contributed by atoms with Crippen LogP contribution in [0.25, 0.3) is 0 Å². The van der Waals surface area contributed by atoms with Crippen molar-refractivity contribution in [2.24, 2.45) is 4.99 Å². The lowest BCUT2D eigenvalue weighted by atomic mass is 10.0. The van der Waals surface area contributed by atoms with Gasteiger partial charge in [0.1, 0.15) is 5.75 Å². The summed E-state index contributed by atoms with van der Waals surface area (Å²) in [7, 11) is 3.54. The van der Waals surface area contributed by atoms with E-state index >= 15 is 0 Å². The van der Waals surface area contributed by atoms with E-state index in [0.717, 1.165) is 64.2 Å². The second kappa shape index (κ2) is 12.1. The Kier molecular flexibility index (Phi) is 9.88. The zero-order chi connectivity index (χ0) is 22.0. The summed E-state index contributed by atoms with van der Waals surface area (Å²) in [6.07, 6.45) is 0. The summed E-state index contributed by atoms with van der Waals surface area (Å²) >= 11 is 0. The Balaban J connectivity index is 2.01. The maximum absolute atomic E-state index is 5.50. The van der Waals surface area contributed by atoms with Gasteiger partial charge in [-0.2, -0.15) is 0 Å². The fourth-order valence-corrected chi connectivity index (χ4v) is 3.97. The molecule has 1 unspecified atom stereocenters. The topological polar surface area (TPSA) is 61.4 Å². The van der Waals surface area contributed by atoms with Crippen LogP contribution in [-0.2, 0) is 4.74 Å². The number of methoxy groups -OCH3 is 1. The normalized spacial score (nSPS) is 17.1. The number of rotatable bonds is 10. The molecular weight excluding hydrogens is 378 g/mol. The third-order valence-electron chi connectivity index (χ3n) is 5.97. The van der Waals surface area contributed by atoms with Gasteiger partial charge in [-0.3, -0.25) is 14.8 Å². The van der Waals surface area contributed by atoms with Crippen molar-refractivity contribution in [1.82, 2.24) is 20.4 Å². The lowest BCUT2D eigenvalue weighted by Crippen LogP contribution is -2.56. The van der Waals surface area contributed by atoms with Crippen LogP contribution in [0.15, 0.2) is 29.3 Å². The maximum Gasteiger partial charge on any atom is 0.191 e. The summed E-state index contributed by atoms with van der Waals surface area (Å²) in [6.45, 7) is 16.1. The Hall–Kier alpha value is -1.83. The van der Waals surface area contributed by atoms with Gasteiger partial charge < -0.3 is 20.1 Å². The SMILES string of the molecule is CCN(CC)C(CNC(=NC)NCC(C)(C)N1CCOCC1)c1cccc(OC)c1. The number of likely N-dealkylation sites (N-methyl/N-ethyl adjacent to an activating group) is 1. The van der Waals surface area contributed by atoms with Crippen LogP contribution < -0.4 is 15.4 Å². The van der Waals surface area contributed by atoms with Crippen LogP contribution in [0.1, 0.15) is 39.3 Å². The molecule has 1 aliphatic rings. The van der Waals surface area contributed by atoms with Gasteiger partial charge in [0.05, 0.1) is 26.4 Å². The Labute approximate surface area is 182 Å². The van der Waals surface area contributed by atoms with Crippen molar-refractivity contribution < 1.29 is 9.47 Å². The second-order valence-corrected chi connectivity index (χ2v) is 8.23. The summed E-state index contributed by atoms with van der Waals surface area (Å²) < 4.78 is 10.9. The quantitative estimate of drug-likeness (QED) is 0.448. The molecule has 0 aromatic heterocycles.